The zero-order valence-electron chi connectivity index (χ0n) is 24.4. The van der Waals surface area contributed by atoms with Gasteiger partial charge < -0.3 is 4.90 Å². The largest absolute Gasteiger partial charge is 0.306 e. The second-order valence-corrected chi connectivity index (χ2v) is 11.2. The first-order valence-corrected chi connectivity index (χ1v) is 15.0. The molecular weight excluding hydrogens is 578 g/mol. The molecule has 0 radical (unpaired) electrons. The third kappa shape index (κ3) is 4.98. The van der Waals surface area contributed by atoms with Crippen molar-refractivity contribution in [3.05, 3.63) is 121 Å². The molecule has 0 aliphatic carbocycles. The van der Waals surface area contributed by atoms with Gasteiger partial charge in [0.1, 0.15) is 0 Å². The van der Waals surface area contributed by atoms with E-state index in [9.17, 15) is 19.7 Å². The van der Waals surface area contributed by atoms with Crippen molar-refractivity contribution in [2.45, 2.75) is 26.7 Å². The maximum Gasteiger partial charge on any atom is 0.297 e. The first-order valence-electron chi connectivity index (χ1n) is 14.1. The molecular formula is C32H29N7O4S. The summed E-state index contributed by atoms with van der Waals surface area (Å²) in [5, 5.41) is 18.0. The highest BCUT2D eigenvalue weighted by atomic mass is 32.1. The van der Waals surface area contributed by atoms with E-state index < -0.39 is 4.92 Å². The van der Waals surface area contributed by atoms with E-state index in [-0.39, 0.29) is 28.6 Å². The molecule has 44 heavy (non-hydrogen) atoms. The number of amides is 1. The standard InChI is InChI=1S/C32H29N7O4S/c1-4-5-19-36-26-14-10-9-13-25(26)29(30(36)40)34-37-27(22-15-17-24(18-16-22)39(42)43)20-44-32(37)33-28-21(2)35(3)38(31(28)41)23-11-7-6-8-12-23/h6-18,20H,4-5,19H2,1-3H3. The molecule has 3 aromatic carbocycles. The zero-order valence-corrected chi connectivity index (χ0v) is 25.2. The van der Waals surface area contributed by atoms with E-state index in [1.54, 1.807) is 38.1 Å². The van der Waals surface area contributed by atoms with E-state index in [1.807, 2.05) is 66.9 Å². The zero-order chi connectivity index (χ0) is 31.0. The minimum atomic E-state index is -0.457. The molecule has 5 aromatic rings. The predicted octanol–water partition coefficient (Wildman–Crippen LogP) is 5.55. The van der Waals surface area contributed by atoms with E-state index in [2.05, 4.69) is 6.92 Å². The van der Waals surface area contributed by atoms with Crippen LogP contribution in [-0.2, 0) is 11.8 Å². The molecule has 0 saturated carbocycles. The fourth-order valence-corrected chi connectivity index (χ4v) is 6.04. The van der Waals surface area contributed by atoms with Gasteiger partial charge in [0, 0.05) is 42.2 Å². The Hall–Kier alpha value is -5.36. The number of unbranched alkanes of at least 4 members (excludes halogenated alkanes) is 1. The molecule has 0 atom stereocenters. The maximum atomic E-state index is 13.8. The van der Waals surface area contributed by atoms with E-state index in [0.29, 0.717) is 39.5 Å². The van der Waals surface area contributed by atoms with Crippen LogP contribution in [0.15, 0.2) is 99.1 Å². The average Bonchev–Trinajstić information content (AvgIpc) is 3.63. The number of nitro benzene ring substituents is 1. The Bertz CT molecular complexity index is 2050. The Kier molecular flexibility index (Phi) is 7.66. The Morgan fingerprint density at radius 1 is 0.955 bits per heavy atom. The van der Waals surface area contributed by atoms with Gasteiger partial charge in [0.05, 0.1) is 27.7 Å². The molecule has 6 rings (SSSR count). The molecule has 0 unspecified atom stereocenters. The highest BCUT2D eigenvalue weighted by Gasteiger charge is 2.34. The summed E-state index contributed by atoms with van der Waals surface area (Å²) in [7, 11) is 1.80. The van der Waals surface area contributed by atoms with Gasteiger partial charge in [-0.1, -0.05) is 49.7 Å². The minimum absolute atomic E-state index is 0.0420. The van der Waals surface area contributed by atoms with Crippen molar-refractivity contribution >= 4 is 40.0 Å². The number of aromatic nitrogens is 3. The Labute approximate surface area is 256 Å². The number of carbonyl (C=O) groups is 1. The van der Waals surface area contributed by atoms with Gasteiger partial charge >= 0.3 is 0 Å². The summed E-state index contributed by atoms with van der Waals surface area (Å²) in [6.07, 6.45) is 1.77. The average molecular weight is 608 g/mol. The molecule has 0 N–H and O–H groups in total. The Morgan fingerprint density at radius 3 is 2.36 bits per heavy atom. The topological polar surface area (TPSA) is 120 Å². The quantitative estimate of drug-likeness (QED) is 0.170. The number of thiazole rings is 1. The van der Waals surface area contributed by atoms with E-state index in [1.165, 1.54) is 23.5 Å². The lowest BCUT2D eigenvalue weighted by Crippen LogP contribution is -2.31. The van der Waals surface area contributed by atoms with E-state index in [0.717, 1.165) is 18.5 Å². The number of non-ortho nitro benzene ring substituents is 1. The van der Waals surface area contributed by atoms with Crippen molar-refractivity contribution in [2.75, 3.05) is 11.4 Å². The third-order valence-corrected chi connectivity index (χ3v) is 8.44. The van der Waals surface area contributed by atoms with Crippen molar-refractivity contribution in [2.24, 2.45) is 17.1 Å². The van der Waals surface area contributed by atoms with Crippen LogP contribution < -0.4 is 15.3 Å². The smallest absolute Gasteiger partial charge is 0.297 e. The van der Waals surface area contributed by atoms with Gasteiger partial charge in [0.2, 0.25) is 4.80 Å². The van der Waals surface area contributed by atoms with Crippen molar-refractivity contribution in [1.29, 1.82) is 0 Å². The van der Waals surface area contributed by atoms with Crippen LogP contribution >= 0.6 is 11.3 Å². The molecule has 1 aliphatic rings. The second-order valence-electron chi connectivity index (χ2n) is 10.3. The molecule has 1 aliphatic heterocycles. The highest BCUT2D eigenvalue weighted by molar-refractivity contribution is 7.07. The predicted molar refractivity (Wildman–Crippen MR) is 171 cm³/mol. The van der Waals surface area contributed by atoms with Gasteiger partial charge in [0.25, 0.3) is 17.2 Å². The number of fused-ring (bicyclic) bond motifs is 1. The van der Waals surface area contributed by atoms with Crippen LogP contribution in [0.2, 0.25) is 0 Å². The Morgan fingerprint density at radius 2 is 1.66 bits per heavy atom. The monoisotopic (exact) mass is 607 g/mol. The van der Waals surface area contributed by atoms with Gasteiger partial charge in [0.15, 0.2) is 11.4 Å². The number of hydrogen-bond acceptors (Lipinski definition) is 7. The van der Waals surface area contributed by atoms with Crippen LogP contribution in [0.25, 0.3) is 16.9 Å². The summed E-state index contributed by atoms with van der Waals surface area (Å²) in [6, 6.07) is 23.0. The fraction of sp³-hybridized carbons (Fsp3) is 0.188. The number of rotatable bonds is 8. The number of hydrogen-bond donors (Lipinski definition) is 0. The first kappa shape index (κ1) is 28.7. The van der Waals surface area contributed by atoms with E-state index >= 15 is 0 Å². The number of anilines is 1. The molecule has 0 saturated heterocycles. The summed E-state index contributed by atoms with van der Waals surface area (Å²) < 4.78 is 4.86. The third-order valence-electron chi connectivity index (χ3n) is 7.62. The minimum Gasteiger partial charge on any atom is -0.306 e. The summed E-state index contributed by atoms with van der Waals surface area (Å²) in [5.74, 6) is -0.221. The van der Waals surface area contributed by atoms with Gasteiger partial charge in [-0.2, -0.15) is 5.10 Å². The molecule has 3 heterocycles. The molecule has 0 fully saturated rings. The SMILES string of the molecule is CCCCN1C(=O)C(=Nn2c(-c3ccc([N+](=O)[O-])cc3)csc2=Nc2c(C)n(C)n(-c3ccccc3)c2=O)c2ccccc21. The summed E-state index contributed by atoms with van der Waals surface area (Å²) in [4.78, 5) is 45.2. The van der Waals surface area contributed by atoms with Crippen molar-refractivity contribution in [3.8, 4) is 16.9 Å². The summed E-state index contributed by atoms with van der Waals surface area (Å²) >= 11 is 1.26. The van der Waals surface area contributed by atoms with Crippen molar-refractivity contribution < 1.29 is 9.72 Å². The lowest BCUT2D eigenvalue weighted by atomic mass is 10.1. The normalized spacial score (nSPS) is 14.1. The lowest BCUT2D eigenvalue weighted by Gasteiger charge is -2.15. The van der Waals surface area contributed by atoms with Crippen molar-refractivity contribution in [1.82, 2.24) is 14.0 Å². The maximum absolute atomic E-state index is 13.8. The van der Waals surface area contributed by atoms with Crippen LogP contribution in [0, 0.1) is 17.0 Å². The molecule has 1 amide bonds. The summed E-state index contributed by atoms with van der Waals surface area (Å²) in [5.41, 5.74) is 4.23. The van der Waals surface area contributed by atoms with Crippen LogP contribution in [-0.4, -0.2) is 37.1 Å². The molecule has 0 spiro atoms. The van der Waals surface area contributed by atoms with Gasteiger partial charge in [-0.25, -0.2) is 14.4 Å². The Balaban J connectivity index is 1.57. The van der Waals surface area contributed by atoms with Gasteiger partial charge in [-0.3, -0.25) is 24.4 Å². The first-order chi connectivity index (χ1) is 21.3. The number of carbonyl (C=O) groups excluding carboxylic acids is 1. The number of benzene rings is 3. The lowest BCUT2D eigenvalue weighted by molar-refractivity contribution is -0.384. The van der Waals surface area contributed by atoms with Crippen molar-refractivity contribution in [3.63, 3.8) is 0 Å². The molecule has 12 heteroatoms. The second kappa shape index (κ2) is 11.7. The number of para-hydroxylation sites is 2. The van der Waals surface area contributed by atoms with Gasteiger partial charge in [-0.15, -0.1) is 11.3 Å². The van der Waals surface area contributed by atoms with Crippen LogP contribution in [0.5, 0.6) is 0 Å². The number of nitro groups is 1. The highest BCUT2D eigenvalue weighted by Crippen LogP contribution is 2.31. The molecule has 2 aromatic heterocycles. The fourth-order valence-electron chi connectivity index (χ4n) is 5.20. The summed E-state index contributed by atoms with van der Waals surface area (Å²) in [6.45, 7) is 4.46. The number of nitrogens with zero attached hydrogens (tertiary/aromatic N) is 7. The van der Waals surface area contributed by atoms with E-state index in [4.69, 9.17) is 10.1 Å². The molecule has 11 nitrogen and oxygen atoms in total. The van der Waals surface area contributed by atoms with Crippen LogP contribution in [0.4, 0.5) is 17.1 Å². The van der Waals surface area contributed by atoms with Crippen LogP contribution in [0.1, 0.15) is 31.0 Å². The molecule has 0 bridgehead atoms. The van der Waals surface area contributed by atoms with Crippen LogP contribution in [0.3, 0.4) is 0 Å². The van der Waals surface area contributed by atoms with Gasteiger partial charge in [-0.05, 0) is 43.7 Å². The molecule has 222 valence electrons.